The van der Waals surface area contributed by atoms with Gasteiger partial charge in [0.2, 0.25) is 0 Å². The number of halogens is 3. The maximum absolute atomic E-state index is 12.6. The quantitative estimate of drug-likeness (QED) is 0.809. The number of pyridine rings is 1. The lowest BCUT2D eigenvalue weighted by Gasteiger charge is -2.19. The third kappa shape index (κ3) is 5.46. The third-order valence-corrected chi connectivity index (χ3v) is 2.64. The summed E-state index contributed by atoms with van der Waals surface area (Å²) in [6.45, 7) is 6.42. The van der Waals surface area contributed by atoms with E-state index in [0.29, 0.717) is 24.8 Å². The van der Waals surface area contributed by atoms with Gasteiger partial charge in [-0.3, -0.25) is 0 Å². The molecule has 108 valence electrons. The van der Waals surface area contributed by atoms with Crippen molar-refractivity contribution >= 4 is 5.82 Å². The molecule has 0 atom stereocenters. The highest BCUT2D eigenvalue weighted by atomic mass is 19.4. The minimum absolute atomic E-state index is 0.334. The Kier molecular flexibility index (Phi) is 5.60. The van der Waals surface area contributed by atoms with Crippen LogP contribution in [0.3, 0.4) is 0 Å². The molecule has 1 aromatic rings. The highest BCUT2D eigenvalue weighted by Gasteiger charge is 2.30. The van der Waals surface area contributed by atoms with Crippen LogP contribution in [0.1, 0.15) is 19.4 Å². The highest BCUT2D eigenvalue weighted by Crippen LogP contribution is 2.30. The maximum atomic E-state index is 12.6. The predicted molar refractivity (Wildman–Crippen MR) is 70.2 cm³/mol. The second kappa shape index (κ2) is 6.75. The number of likely N-dealkylation sites (N-methyl/N-ethyl adjacent to an activating group) is 1. The van der Waals surface area contributed by atoms with Crippen molar-refractivity contribution in [3.05, 3.63) is 23.9 Å². The van der Waals surface area contributed by atoms with E-state index in [-0.39, 0.29) is 0 Å². The van der Waals surface area contributed by atoms with Gasteiger partial charge in [0.15, 0.2) is 0 Å². The molecule has 0 aliphatic heterocycles. The Morgan fingerprint density at radius 1 is 1.37 bits per heavy atom. The molecule has 3 nitrogen and oxygen atoms in total. The topological polar surface area (TPSA) is 28.2 Å². The van der Waals surface area contributed by atoms with Gasteiger partial charge in [0.25, 0.3) is 0 Å². The fourth-order valence-corrected chi connectivity index (χ4v) is 1.56. The van der Waals surface area contributed by atoms with Crippen molar-refractivity contribution in [2.45, 2.75) is 20.0 Å². The van der Waals surface area contributed by atoms with Crippen molar-refractivity contribution < 1.29 is 13.2 Å². The molecule has 0 saturated heterocycles. The lowest BCUT2D eigenvalue weighted by molar-refractivity contribution is -0.137. The SMILES string of the molecule is CC(C)CNCCN(C)c1cc(C(F)(F)F)ccn1. The molecule has 1 rings (SSSR count). The zero-order chi connectivity index (χ0) is 14.5. The summed E-state index contributed by atoms with van der Waals surface area (Å²) >= 11 is 0. The van der Waals surface area contributed by atoms with Crippen LogP contribution in [0, 0.1) is 5.92 Å². The molecule has 1 heterocycles. The summed E-state index contributed by atoms with van der Waals surface area (Å²) in [5, 5.41) is 3.24. The van der Waals surface area contributed by atoms with Crippen LogP contribution < -0.4 is 10.2 Å². The lowest BCUT2D eigenvalue weighted by Crippen LogP contribution is -2.31. The van der Waals surface area contributed by atoms with Crippen molar-refractivity contribution in [1.29, 1.82) is 0 Å². The minimum Gasteiger partial charge on any atom is -0.358 e. The number of nitrogens with one attached hydrogen (secondary N) is 1. The lowest BCUT2D eigenvalue weighted by atomic mass is 10.2. The van der Waals surface area contributed by atoms with Crippen LogP contribution in [0.4, 0.5) is 19.0 Å². The summed E-state index contributed by atoms with van der Waals surface area (Å²) in [7, 11) is 1.74. The Hall–Kier alpha value is -1.30. The van der Waals surface area contributed by atoms with Crippen LogP contribution in [0.15, 0.2) is 18.3 Å². The van der Waals surface area contributed by atoms with Gasteiger partial charge >= 0.3 is 6.18 Å². The Morgan fingerprint density at radius 2 is 2.05 bits per heavy atom. The van der Waals surface area contributed by atoms with E-state index in [1.807, 2.05) is 0 Å². The molecule has 6 heteroatoms. The van der Waals surface area contributed by atoms with Crippen LogP contribution in [-0.4, -0.2) is 31.7 Å². The average Bonchev–Trinajstić information content (AvgIpc) is 2.33. The predicted octanol–water partition coefficient (Wildman–Crippen LogP) is 2.78. The van der Waals surface area contributed by atoms with Crippen LogP contribution in [-0.2, 0) is 6.18 Å². The fourth-order valence-electron chi connectivity index (χ4n) is 1.56. The molecule has 0 unspecified atom stereocenters. The number of aromatic nitrogens is 1. The number of alkyl halides is 3. The summed E-state index contributed by atoms with van der Waals surface area (Å²) < 4.78 is 37.7. The van der Waals surface area contributed by atoms with E-state index in [0.717, 1.165) is 18.7 Å². The van der Waals surface area contributed by atoms with E-state index in [9.17, 15) is 13.2 Å². The van der Waals surface area contributed by atoms with Crippen molar-refractivity contribution in [1.82, 2.24) is 10.3 Å². The molecule has 0 aliphatic rings. The molecule has 0 radical (unpaired) electrons. The molecule has 0 fully saturated rings. The van der Waals surface area contributed by atoms with E-state index < -0.39 is 11.7 Å². The largest absolute Gasteiger partial charge is 0.416 e. The van der Waals surface area contributed by atoms with Gasteiger partial charge in [0.05, 0.1) is 5.56 Å². The number of anilines is 1. The third-order valence-electron chi connectivity index (χ3n) is 2.64. The van der Waals surface area contributed by atoms with Gasteiger partial charge in [0.1, 0.15) is 5.82 Å². The molecule has 0 bridgehead atoms. The van der Waals surface area contributed by atoms with Crippen molar-refractivity contribution in [3.8, 4) is 0 Å². The molecule has 0 aliphatic carbocycles. The van der Waals surface area contributed by atoms with Crippen LogP contribution in [0.25, 0.3) is 0 Å². The first-order valence-electron chi connectivity index (χ1n) is 6.26. The van der Waals surface area contributed by atoms with E-state index in [1.165, 1.54) is 6.20 Å². The fraction of sp³-hybridized carbons (Fsp3) is 0.615. The van der Waals surface area contributed by atoms with Gasteiger partial charge in [-0.15, -0.1) is 0 Å². The van der Waals surface area contributed by atoms with Crippen molar-refractivity contribution in [2.24, 2.45) is 5.92 Å². The number of nitrogens with zero attached hydrogens (tertiary/aromatic N) is 2. The second-order valence-corrected chi connectivity index (χ2v) is 4.92. The Labute approximate surface area is 111 Å². The van der Waals surface area contributed by atoms with Crippen LogP contribution >= 0.6 is 0 Å². The average molecular weight is 275 g/mol. The van der Waals surface area contributed by atoms with Gasteiger partial charge in [-0.1, -0.05) is 13.8 Å². The highest BCUT2D eigenvalue weighted by molar-refractivity contribution is 5.40. The van der Waals surface area contributed by atoms with Crippen LogP contribution in [0.2, 0.25) is 0 Å². The molecule has 1 aromatic heterocycles. The Morgan fingerprint density at radius 3 is 2.63 bits per heavy atom. The van der Waals surface area contributed by atoms with Gasteiger partial charge in [-0.2, -0.15) is 13.2 Å². The summed E-state index contributed by atoms with van der Waals surface area (Å²) in [5.41, 5.74) is -0.667. The Balaban J connectivity index is 2.55. The summed E-state index contributed by atoms with van der Waals surface area (Å²) in [6, 6.07) is 2.05. The molecule has 0 spiro atoms. The Bertz CT molecular complexity index is 391. The molecular weight excluding hydrogens is 255 g/mol. The van der Waals surface area contributed by atoms with Gasteiger partial charge in [-0.25, -0.2) is 4.98 Å². The maximum Gasteiger partial charge on any atom is 0.416 e. The van der Waals surface area contributed by atoms with E-state index >= 15 is 0 Å². The summed E-state index contributed by atoms with van der Waals surface area (Å²) in [5.74, 6) is 0.887. The van der Waals surface area contributed by atoms with Crippen molar-refractivity contribution in [3.63, 3.8) is 0 Å². The molecule has 0 amide bonds. The molecule has 19 heavy (non-hydrogen) atoms. The summed E-state index contributed by atoms with van der Waals surface area (Å²) in [4.78, 5) is 5.68. The monoisotopic (exact) mass is 275 g/mol. The first kappa shape index (κ1) is 15.8. The zero-order valence-corrected chi connectivity index (χ0v) is 11.5. The molecular formula is C13H20F3N3. The number of hydrogen-bond donors (Lipinski definition) is 1. The number of hydrogen-bond acceptors (Lipinski definition) is 3. The van der Waals surface area contributed by atoms with E-state index in [2.05, 4.69) is 24.1 Å². The molecule has 0 aromatic carbocycles. The first-order valence-corrected chi connectivity index (χ1v) is 6.26. The van der Waals surface area contributed by atoms with Gasteiger partial charge in [-0.05, 0) is 24.6 Å². The smallest absolute Gasteiger partial charge is 0.358 e. The summed E-state index contributed by atoms with van der Waals surface area (Å²) in [6.07, 6.45) is -3.13. The number of rotatable bonds is 6. The first-order chi connectivity index (χ1) is 8.80. The normalized spacial score (nSPS) is 11.9. The van der Waals surface area contributed by atoms with Crippen LogP contribution in [0.5, 0.6) is 0 Å². The van der Waals surface area contributed by atoms with Crippen molar-refractivity contribution in [2.75, 3.05) is 31.6 Å². The second-order valence-electron chi connectivity index (χ2n) is 4.92. The molecule has 1 N–H and O–H groups in total. The minimum atomic E-state index is -4.32. The van der Waals surface area contributed by atoms with Gasteiger partial charge < -0.3 is 10.2 Å². The van der Waals surface area contributed by atoms with Gasteiger partial charge in [0, 0.05) is 26.3 Å². The standard InChI is InChI=1S/C13H20F3N3/c1-10(2)9-17-6-7-19(3)12-8-11(4-5-18-12)13(14,15)16/h4-5,8,10,17H,6-7,9H2,1-3H3. The van der Waals surface area contributed by atoms with E-state index in [1.54, 1.807) is 11.9 Å². The zero-order valence-electron chi connectivity index (χ0n) is 11.5. The molecule has 0 saturated carbocycles. The van der Waals surface area contributed by atoms with E-state index in [4.69, 9.17) is 0 Å².